The molecule has 1 atom stereocenters. The Kier molecular flexibility index (Phi) is 5.23. The van der Waals surface area contributed by atoms with E-state index in [4.69, 9.17) is 4.74 Å². The van der Waals surface area contributed by atoms with Gasteiger partial charge in [-0.2, -0.15) is 0 Å². The number of carbonyl (C=O) groups excluding carboxylic acids is 2. The number of urea groups is 1. The first kappa shape index (κ1) is 19.3. The van der Waals surface area contributed by atoms with Crippen molar-refractivity contribution in [3.05, 3.63) is 0 Å². The van der Waals surface area contributed by atoms with Gasteiger partial charge in [0.25, 0.3) is 0 Å². The van der Waals surface area contributed by atoms with Crippen molar-refractivity contribution in [2.45, 2.75) is 74.7 Å². The number of nitrogens with one attached hydrogen (secondary N) is 2. The monoisotopic (exact) mass is 420 g/mol. The highest BCUT2D eigenvalue weighted by atomic mass is 32.2. The number of tetrazole rings is 1. The van der Waals surface area contributed by atoms with Crippen LogP contribution in [0.15, 0.2) is 5.16 Å². The number of amides is 3. The second-order valence-corrected chi connectivity index (χ2v) is 10.2. The Labute approximate surface area is 174 Å². The van der Waals surface area contributed by atoms with Crippen LogP contribution in [0.3, 0.4) is 0 Å². The van der Waals surface area contributed by atoms with E-state index < -0.39 is 0 Å². The number of hydrogen-bond donors (Lipinski definition) is 2. The summed E-state index contributed by atoms with van der Waals surface area (Å²) in [4.78, 5) is 24.8. The third-order valence-corrected chi connectivity index (χ3v) is 7.86. The van der Waals surface area contributed by atoms with Crippen molar-refractivity contribution in [2.24, 2.45) is 17.8 Å². The molecular formula is C19H28N6O3S. The van der Waals surface area contributed by atoms with Crippen LogP contribution in [-0.4, -0.2) is 56.1 Å². The Morgan fingerprint density at radius 2 is 1.90 bits per heavy atom. The van der Waals surface area contributed by atoms with Crippen LogP contribution in [0.25, 0.3) is 0 Å². The van der Waals surface area contributed by atoms with Crippen molar-refractivity contribution in [2.75, 3.05) is 12.4 Å². The fourth-order valence-corrected chi connectivity index (χ4v) is 6.91. The van der Waals surface area contributed by atoms with Crippen LogP contribution in [0.2, 0.25) is 0 Å². The van der Waals surface area contributed by atoms with E-state index in [1.807, 2.05) is 0 Å². The molecule has 4 aliphatic carbocycles. The normalized spacial score (nSPS) is 35.0. The van der Waals surface area contributed by atoms with Crippen molar-refractivity contribution in [3.63, 3.8) is 0 Å². The number of nitrogens with zero attached hydrogens (tertiary/aromatic N) is 4. The molecule has 2 N–H and O–H groups in total. The average Bonchev–Trinajstić information content (AvgIpc) is 3.30. The maximum absolute atomic E-state index is 12.5. The lowest BCUT2D eigenvalue weighted by molar-refractivity contribution is -0.117. The van der Waals surface area contributed by atoms with E-state index in [0.717, 1.165) is 56.5 Å². The zero-order chi connectivity index (χ0) is 19.8. The fraction of sp³-hybridized carbons (Fsp3) is 0.842. The van der Waals surface area contributed by atoms with Crippen molar-refractivity contribution in [1.82, 2.24) is 30.8 Å². The second kappa shape index (κ2) is 7.86. The number of carbonyl (C=O) groups is 2. The van der Waals surface area contributed by atoms with Crippen molar-refractivity contribution in [3.8, 4) is 0 Å². The van der Waals surface area contributed by atoms with E-state index in [1.54, 1.807) is 4.68 Å². The Hall–Kier alpha value is -1.68. The molecule has 0 radical (unpaired) electrons. The van der Waals surface area contributed by atoms with Gasteiger partial charge >= 0.3 is 6.03 Å². The van der Waals surface area contributed by atoms with Crippen molar-refractivity contribution < 1.29 is 14.3 Å². The zero-order valence-corrected chi connectivity index (χ0v) is 17.3. The third kappa shape index (κ3) is 4.28. The molecule has 0 aromatic carbocycles. The molecule has 10 heteroatoms. The molecule has 4 bridgehead atoms. The van der Waals surface area contributed by atoms with E-state index in [0.29, 0.717) is 11.7 Å². The Morgan fingerprint density at radius 3 is 2.55 bits per heavy atom. The van der Waals surface area contributed by atoms with Crippen LogP contribution >= 0.6 is 11.8 Å². The molecule has 29 heavy (non-hydrogen) atoms. The molecule has 0 unspecified atom stereocenters. The number of thioether (sulfide) groups is 1. The van der Waals surface area contributed by atoms with Crippen LogP contribution < -0.4 is 10.6 Å². The van der Waals surface area contributed by atoms with E-state index >= 15 is 0 Å². The fourth-order valence-electron chi connectivity index (χ4n) is 6.22. The molecule has 6 rings (SSSR count). The van der Waals surface area contributed by atoms with Gasteiger partial charge in [-0.15, -0.1) is 5.10 Å². The summed E-state index contributed by atoms with van der Waals surface area (Å²) in [6.45, 7) is 1.36. The highest BCUT2D eigenvalue weighted by Crippen LogP contribution is 2.55. The molecule has 1 saturated heterocycles. The van der Waals surface area contributed by atoms with Crippen LogP contribution in [0, 0.1) is 17.8 Å². The van der Waals surface area contributed by atoms with Gasteiger partial charge in [0, 0.05) is 12.1 Å². The first-order chi connectivity index (χ1) is 14.1. The van der Waals surface area contributed by atoms with Gasteiger partial charge in [-0.3, -0.25) is 10.1 Å². The van der Waals surface area contributed by atoms with Crippen LogP contribution in [0.4, 0.5) is 4.79 Å². The molecular weight excluding hydrogens is 392 g/mol. The van der Waals surface area contributed by atoms with Crippen LogP contribution in [0.5, 0.6) is 0 Å². The predicted molar refractivity (Wildman–Crippen MR) is 105 cm³/mol. The summed E-state index contributed by atoms with van der Waals surface area (Å²) in [7, 11) is 0. The summed E-state index contributed by atoms with van der Waals surface area (Å²) in [6.07, 6.45) is 9.31. The standard InChI is InChI=1S/C19H28N6O3S/c26-16(11-29-18-22-23-24-25(18)10-15-2-1-3-28-15)20-17(27)21-19-7-12-4-13(8-19)6-14(5-12)9-19/h12-15H,1-11H2,(H2,20,21,26,27)/t12?,13?,14?,15-,19?/m1/s1. The lowest BCUT2D eigenvalue weighted by Crippen LogP contribution is -2.61. The van der Waals surface area contributed by atoms with Gasteiger partial charge in [0.2, 0.25) is 11.1 Å². The maximum atomic E-state index is 12.5. The molecule has 1 aromatic heterocycles. The highest BCUT2D eigenvalue weighted by molar-refractivity contribution is 7.99. The average molecular weight is 421 g/mol. The Bertz CT molecular complexity index is 742. The second-order valence-electron chi connectivity index (χ2n) is 9.27. The molecule has 2 heterocycles. The van der Waals surface area contributed by atoms with Gasteiger partial charge in [0.1, 0.15) is 0 Å². The summed E-state index contributed by atoms with van der Waals surface area (Å²) in [5, 5.41) is 17.9. The van der Waals surface area contributed by atoms with Crippen molar-refractivity contribution >= 4 is 23.7 Å². The van der Waals surface area contributed by atoms with E-state index in [-0.39, 0.29) is 29.3 Å². The maximum Gasteiger partial charge on any atom is 0.321 e. The molecule has 5 aliphatic rings. The highest BCUT2D eigenvalue weighted by Gasteiger charge is 2.51. The summed E-state index contributed by atoms with van der Waals surface area (Å²) >= 11 is 1.24. The van der Waals surface area contributed by atoms with Crippen molar-refractivity contribution in [1.29, 1.82) is 0 Å². The van der Waals surface area contributed by atoms with E-state index in [1.165, 1.54) is 31.0 Å². The van der Waals surface area contributed by atoms with Gasteiger partial charge < -0.3 is 10.1 Å². The molecule has 4 saturated carbocycles. The number of imide groups is 1. The van der Waals surface area contributed by atoms with Gasteiger partial charge in [0.05, 0.1) is 18.4 Å². The molecule has 1 aromatic rings. The lowest BCUT2D eigenvalue weighted by Gasteiger charge is -2.56. The lowest BCUT2D eigenvalue weighted by atomic mass is 9.53. The summed E-state index contributed by atoms with van der Waals surface area (Å²) in [5.74, 6) is 2.01. The number of hydrogen-bond acceptors (Lipinski definition) is 7. The molecule has 5 fully saturated rings. The smallest absolute Gasteiger partial charge is 0.321 e. The minimum Gasteiger partial charge on any atom is -0.376 e. The molecule has 9 nitrogen and oxygen atoms in total. The van der Waals surface area contributed by atoms with E-state index in [9.17, 15) is 9.59 Å². The summed E-state index contributed by atoms with van der Waals surface area (Å²) < 4.78 is 7.29. The minimum atomic E-state index is -0.364. The summed E-state index contributed by atoms with van der Waals surface area (Å²) in [6, 6.07) is -0.364. The molecule has 3 amide bonds. The van der Waals surface area contributed by atoms with Gasteiger partial charge in [-0.1, -0.05) is 11.8 Å². The first-order valence-corrected chi connectivity index (χ1v) is 11.7. The van der Waals surface area contributed by atoms with Gasteiger partial charge in [-0.05, 0) is 79.5 Å². The molecule has 0 spiro atoms. The van der Waals surface area contributed by atoms with Crippen LogP contribution in [-0.2, 0) is 16.1 Å². The van der Waals surface area contributed by atoms with Crippen LogP contribution in [0.1, 0.15) is 51.4 Å². The van der Waals surface area contributed by atoms with Gasteiger partial charge in [-0.25, -0.2) is 9.48 Å². The van der Waals surface area contributed by atoms with E-state index in [2.05, 4.69) is 26.2 Å². The molecule has 158 valence electrons. The Balaban J connectivity index is 1.10. The predicted octanol–water partition coefficient (Wildman–Crippen LogP) is 1.74. The summed E-state index contributed by atoms with van der Waals surface area (Å²) in [5.41, 5.74) is -0.0996. The molecule has 1 aliphatic heterocycles. The number of rotatable bonds is 6. The zero-order valence-electron chi connectivity index (χ0n) is 16.5. The minimum absolute atomic E-state index is 0.0974. The topological polar surface area (TPSA) is 111 Å². The van der Waals surface area contributed by atoms with Gasteiger partial charge in [0.15, 0.2) is 0 Å². The number of ether oxygens (including phenoxy) is 1. The third-order valence-electron chi connectivity index (χ3n) is 6.90. The largest absolute Gasteiger partial charge is 0.376 e. The first-order valence-electron chi connectivity index (χ1n) is 10.7. The SMILES string of the molecule is O=C(CSc1nnnn1C[C@H]1CCCO1)NC(=O)NC12CC3CC(CC(C3)C1)C2. The Morgan fingerprint density at radius 1 is 1.17 bits per heavy atom. The quantitative estimate of drug-likeness (QED) is 0.674. The number of aromatic nitrogens is 4.